The number of nitrogens with zero attached hydrogens (tertiary/aromatic N) is 3. The van der Waals surface area contributed by atoms with Crippen molar-refractivity contribution < 1.29 is 9.47 Å². The van der Waals surface area contributed by atoms with E-state index >= 15 is 0 Å². The fraction of sp³-hybridized carbons (Fsp3) is 0.286. The first-order chi connectivity index (χ1) is 12.9. The van der Waals surface area contributed by atoms with Crippen LogP contribution in [0.15, 0.2) is 53.8 Å². The summed E-state index contributed by atoms with van der Waals surface area (Å²) in [4.78, 5) is 13.8. The quantitative estimate of drug-likeness (QED) is 0.728. The van der Waals surface area contributed by atoms with Crippen molar-refractivity contribution in [1.82, 2.24) is 9.97 Å². The van der Waals surface area contributed by atoms with E-state index < -0.39 is 0 Å². The van der Waals surface area contributed by atoms with E-state index in [1.54, 1.807) is 0 Å². The minimum atomic E-state index is 0.152. The van der Waals surface area contributed by atoms with Gasteiger partial charge in [0.15, 0.2) is 0 Å². The molecule has 26 heavy (non-hydrogen) atoms. The Morgan fingerprint density at radius 1 is 0.962 bits per heavy atom. The highest BCUT2D eigenvalue weighted by molar-refractivity contribution is 6.21. The van der Waals surface area contributed by atoms with Crippen molar-refractivity contribution in [2.45, 2.75) is 25.5 Å². The summed E-state index contributed by atoms with van der Waals surface area (Å²) in [6.07, 6.45) is 5.58. The van der Waals surface area contributed by atoms with Gasteiger partial charge in [-0.2, -0.15) is 0 Å². The van der Waals surface area contributed by atoms with Gasteiger partial charge in [-0.25, -0.2) is 4.98 Å². The second-order valence-corrected chi connectivity index (χ2v) is 6.62. The van der Waals surface area contributed by atoms with E-state index in [4.69, 9.17) is 14.5 Å². The molecule has 130 valence electrons. The summed E-state index contributed by atoms with van der Waals surface area (Å²) in [5.74, 6) is 0.687. The van der Waals surface area contributed by atoms with Crippen molar-refractivity contribution in [2.24, 2.45) is 4.99 Å². The number of rotatable bonds is 3. The maximum absolute atomic E-state index is 6.27. The van der Waals surface area contributed by atoms with Crippen molar-refractivity contribution in [3.63, 3.8) is 0 Å². The molecule has 0 N–H and O–H groups in total. The summed E-state index contributed by atoms with van der Waals surface area (Å²) in [6.45, 7) is 2.15. The van der Waals surface area contributed by atoms with Crippen LogP contribution in [0.4, 0.5) is 0 Å². The van der Waals surface area contributed by atoms with Crippen LogP contribution in [-0.2, 0) is 11.3 Å². The normalized spacial score (nSPS) is 17.2. The molecule has 2 aliphatic heterocycles. The van der Waals surface area contributed by atoms with Crippen molar-refractivity contribution in [2.75, 3.05) is 13.2 Å². The molecule has 0 atom stereocenters. The molecule has 0 bridgehead atoms. The number of aromatic nitrogens is 2. The smallest absolute Gasteiger partial charge is 0.223 e. The van der Waals surface area contributed by atoms with Gasteiger partial charge < -0.3 is 9.47 Å². The molecule has 0 unspecified atom stereocenters. The second kappa shape index (κ2) is 6.50. The highest BCUT2D eigenvalue weighted by atomic mass is 16.5. The SMILES string of the molecule is c1cc(C2=NCc3ccnc(OC4CCOCC4)c32)c2cccnc2c1. The molecule has 0 saturated carbocycles. The average molecular weight is 345 g/mol. The average Bonchev–Trinajstić information content (AvgIpc) is 3.13. The lowest BCUT2D eigenvalue weighted by Gasteiger charge is -2.24. The first-order valence-corrected chi connectivity index (χ1v) is 9.01. The first-order valence-electron chi connectivity index (χ1n) is 9.01. The van der Waals surface area contributed by atoms with Crippen molar-refractivity contribution >= 4 is 16.6 Å². The lowest BCUT2D eigenvalue weighted by Crippen LogP contribution is -2.27. The molecule has 2 aliphatic rings. The minimum absolute atomic E-state index is 0.152. The highest BCUT2D eigenvalue weighted by Gasteiger charge is 2.26. The van der Waals surface area contributed by atoms with Crippen LogP contribution >= 0.6 is 0 Å². The second-order valence-electron chi connectivity index (χ2n) is 6.62. The van der Waals surface area contributed by atoms with E-state index in [0.717, 1.165) is 59.4 Å². The predicted molar refractivity (Wildman–Crippen MR) is 99.8 cm³/mol. The number of hydrogen-bond donors (Lipinski definition) is 0. The molecule has 1 fully saturated rings. The Morgan fingerprint density at radius 3 is 2.81 bits per heavy atom. The van der Waals surface area contributed by atoms with Crippen LogP contribution in [0.2, 0.25) is 0 Å². The molecule has 4 heterocycles. The zero-order valence-corrected chi connectivity index (χ0v) is 14.4. The number of benzene rings is 1. The van der Waals surface area contributed by atoms with Crippen molar-refractivity contribution in [3.8, 4) is 5.88 Å². The molecule has 1 saturated heterocycles. The van der Waals surface area contributed by atoms with E-state index in [9.17, 15) is 0 Å². The van der Waals surface area contributed by atoms with Crippen LogP contribution in [0.3, 0.4) is 0 Å². The number of ether oxygens (including phenoxy) is 2. The Balaban J connectivity index is 1.58. The molecule has 0 aliphatic carbocycles. The van der Waals surface area contributed by atoms with Gasteiger partial charge in [0.25, 0.3) is 0 Å². The van der Waals surface area contributed by atoms with Gasteiger partial charge in [-0.15, -0.1) is 0 Å². The Bertz CT molecular complexity index is 988. The van der Waals surface area contributed by atoms with Crippen molar-refractivity contribution in [3.05, 3.63) is 65.5 Å². The van der Waals surface area contributed by atoms with E-state index in [1.807, 2.05) is 36.7 Å². The van der Waals surface area contributed by atoms with Gasteiger partial charge in [0, 0.05) is 36.2 Å². The third kappa shape index (κ3) is 2.65. The number of fused-ring (bicyclic) bond motifs is 2. The summed E-state index contributed by atoms with van der Waals surface area (Å²) in [6, 6.07) is 12.2. The number of pyridine rings is 2. The highest BCUT2D eigenvalue weighted by Crippen LogP contribution is 2.33. The maximum Gasteiger partial charge on any atom is 0.223 e. The van der Waals surface area contributed by atoms with Crippen LogP contribution < -0.4 is 4.74 Å². The molecular weight excluding hydrogens is 326 g/mol. The van der Waals surface area contributed by atoms with Crippen LogP contribution in [0.25, 0.3) is 10.9 Å². The van der Waals surface area contributed by atoms with Gasteiger partial charge in [-0.3, -0.25) is 9.98 Å². The van der Waals surface area contributed by atoms with E-state index in [-0.39, 0.29) is 6.10 Å². The van der Waals surface area contributed by atoms with Crippen molar-refractivity contribution in [1.29, 1.82) is 0 Å². The van der Waals surface area contributed by atoms with Gasteiger partial charge in [0.05, 0.1) is 36.6 Å². The van der Waals surface area contributed by atoms with Gasteiger partial charge in [0.1, 0.15) is 6.10 Å². The Labute approximate surface area is 151 Å². The molecule has 0 radical (unpaired) electrons. The van der Waals surface area contributed by atoms with Gasteiger partial charge >= 0.3 is 0 Å². The molecule has 0 spiro atoms. The molecule has 1 aromatic carbocycles. The molecule has 2 aromatic heterocycles. The zero-order chi connectivity index (χ0) is 17.3. The molecule has 5 heteroatoms. The van der Waals surface area contributed by atoms with Crippen LogP contribution in [0.1, 0.15) is 29.5 Å². The lowest BCUT2D eigenvalue weighted by molar-refractivity contribution is 0.0236. The summed E-state index contributed by atoms with van der Waals surface area (Å²) >= 11 is 0. The first kappa shape index (κ1) is 15.5. The third-order valence-corrected chi connectivity index (χ3v) is 4.99. The summed E-state index contributed by atoms with van der Waals surface area (Å²) in [7, 11) is 0. The molecule has 5 nitrogen and oxygen atoms in total. The topological polar surface area (TPSA) is 56.6 Å². The molecular formula is C21H19N3O2. The van der Waals surface area contributed by atoms with E-state index in [2.05, 4.69) is 22.1 Å². The fourth-order valence-electron chi connectivity index (χ4n) is 3.68. The predicted octanol–water partition coefficient (Wildman–Crippen LogP) is 3.54. The fourth-order valence-corrected chi connectivity index (χ4v) is 3.68. The van der Waals surface area contributed by atoms with Gasteiger partial charge in [-0.1, -0.05) is 18.2 Å². The van der Waals surface area contributed by atoms with Gasteiger partial charge in [-0.05, 0) is 23.8 Å². The molecule has 0 amide bonds. The van der Waals surface area contributed by atoms with Crippen LogP contribution in [0.5, 0.6) is 5.88 Å². The molecule has 5 rings (SSSR count). The standard InChI is InChI=1S/C21H19N3O2/c1-3-17(16-4-2-9-22-18(16)5-1)20-19-14(13-24-20)6-10-23-21(19)26-15-7-11-25-12-8-15/h1-6,9-10,15H,7-8,11-13H2. The Hall–Kier alpha value is -2.79. The summed E-state index contributed by atoms with van der Waals surface area (Å²) in [5.41, 5.74) is 5.19. The van der Waals surface area contributed by atoms with Crippen LogP contribution in [-0.4, -0.2) is 35.0 Å². The van der Waals surface area contributed by atoms with Crippen LogP contribution in [0, 0.1) is 0 Å². The molecule has 3 aromatic rings. The van der Waals surface area contributed by atoms with Gasteiger partial charge in [0.2, 0.25) is 5.88 Å². The number of hydrogen-bond acceptors (Lipinski definition) is 5. The summed E-state index contributed by atoms with van der Waals surface area (Å²) < 4.78 is 11.7. The summed E-state index contributed by atoms with van der Waals surface area (Å²) in [5, 5.41) is 1.10. The Morgan fingerprint density at radius 2 is 1.88 bits per heavy atom. The van der Waals surface area contributed by atoms with E-state index in [1.165, 1.54) is 0 Å². The Kier molecular flexibility index (Phi) is 3.87. The zero-order valence-electron chi connectivity index (χ0n) is 14.4. The van der Waals surface area contributed by atoms with E-state index in [0.29, 0.717) is 12.4 Å². The lowest BCUT2D eigenvalue weighted by atomic mass is 9.98. The largest absolute Gasteiger partial charge is 0.474 e. The third-order valence-electron chi connectivity index (χ3n) is 4.99. The maximum atomic E-state index is 6.27. The number of aliphatic imine (C=N–C) groups is 1. The monoisotopic (exact) mass is 345 g/mol. The minimum Gasteiger partial charge on any atom is -0.474 e.